The molecule has 0 saturated carbocycles. The van der Waals surface area contributed by atoms with Gasteiger partial charge >= 0.3 is 0 Å². The lowest BCUT2D eigenvalue weighted by atomic mass is 10.1. The molecule has 1 atom stereocenters. The summed E-state index contributed by atoms with van der Waals surface area (Å²) in [6.45, 7) is 7.57. The molecular weight excluding hydrogens is 592 g/mol. The highest BCUT2D eigenvalue weighted by atomic mass is 32.2. The number of Topliss-reactive ketones (excluding diaryl/α,β-unsaturated/α-hetero) is 1. The molecule has 0 amide bonds. The molecular formula is C26H28F4N2O7S2. The molecule has 0 radical (unpaired) electrons. The van der Waals surface area contributed by atoms with Crippen LogP contribution in [-0.2, 0) is 39.9 Å². The molecule has 0 bridgehead atoms. The maximum absolute atomic E-state index is 13.9. The fraction of sp³-hybridized carbons (Fsp3) is 0.423. The molecule has 0 fully saturated rings. The van der Waals surface area contributed by atoms with Gasteiger partial charge in [0.2, 0.25) is 9.84 Å². The molecule has 0 saturated heterocycles. The number of rotatable bonds is 5. The van der Waals surface area contributed by atoms with Crippen molar-refractivity contribution in [1.29, 1.82) is 0 Å². The minimum Gasteiger partial charge on any atom is -0.389 e. The number of hydrogen-bond acceptors (Lipinski definition) is 9. The SMILES string of the molecule is CC(=O)C(c1c(F)cccc1F)S(=O)(=O)C1=NOC(C)(C)C1.CC1(C)CC(S(=O)(=O)Cc2c(F)cccc2F)=NO1. The van der Waals surface area contributed by atoms with Gasteiger partial charge in [-0.15, -0.1) is 0 Å². The van der Waals surface area contributed by atoms with Gasteiger partial charge in [0.15, 0.2) is 31.0 Å². The van der Waals surface area contributed by atoms with Gasteiger partial charge in [0, 0.05) is 24.0 Å². The van der Waals surface area contributed by atoms with E-state index in [0.29, 0.717) is 0 Å². The summed E-state index contributed by atoms with van der Waals surface area (Å²) >= 11 is 0. The lowest BCUT2D eigenvalue weighted by Crippen LogP contribution is -2.30. The quantitative estimate of drug-likeness (QED) is 0.435. The Hall–Kier alpha value is -3.33. The molecule has 1 unspecified atom stereocenters. The van der Waals surface area contributed by atoms with Crippen LogP contribution >= 0.6 is 0 Å². The average Bonchev–Trinajstić information content (AvgIpc) is 3.41. The number of oxime groups is 2. The Labute approximate surface area is 235 Å². The van der Waals surface area contributed by atoms with Crippen molar-refractivity contribution < 1.29 is 48.9 Å². The van der Waals surface area contributed by atoms with Crippen LogP contribution in [0.15, 0.2) is 46.7 Å². The molecule has 4 rings (SSSR count). The largest absolute Gasteiger partial charge is 0.389 e. The average molecular weight is 621 g/mol. The van der Waals surface area contributed by atoms with Crippen molar-refractivity contribution in [2.24, 2.45) is 10.3 Å². The first kappa shape index (κ1) is 32.2. The number of carbonyl (C=O) groups is 1. The van der Waals surface area contributed by atoms with Crippen LogP contribution in [0.1, 0.15) is 63.8 Å². The van der Waals surface area contributed by atoms with Crippen molar-refractivity contribution in [2.75, 3.05) is 0 Å². The number of hydrogen-bond donors (Lipinski definition) is 0. The van der Waals surface area contributed by atoms with E-state index in [0.717, 1.165) is 37.3 Å². The highest BCUT2D eigenvalue weighted by Crippen LogP contribution is 2.34. The molecule has 0 spiro atoms. The molecule has 2 aliphatic rings. The zero-order chi connectivity index (χ0) is 31.0. The van der Waals surface area contributed by atoms with Crippen molar-refractivity contribution in [3.05, 3.63) is 70.8 Å². The predicted octanol–water partition coefficient (Wildman–Crippen LogP) is 4.91. The smallest absolute Gasteiger partial charge is 0.209 e. The van der Waals surface area contributed by atoms with E-state index in [1.807, 2.05) is 0 Å². The van der Waals surface area contributed by atoms with Crippen molar-refractivity contribution in [3.63, 3.8) is 0 Å². The normalized spacial score (nSPS) is 18.3. The van der Waals surface area contributed by atoms with E-state index in [1.54, 1.807) is 27.7 Å². The van der Waals surface area contributed by atoms with Crippen LogP contribution in [0, 0.1) is 23.3 Å². The minimum atomic E-state index is -4.37. The van der Waals surface area contributed by atoms with E-state index in [2.05, 4.69) is 10.3 Å². The fourth-order valence-corrected chi connectivity index (χ4v) is 7.42. The Balaban J connectivity index is 0.000000228. The topological polar surface area (TPSA) is 129 Å². The molecule has 2 aromatic carbocycles. The van der Waals surface area contributed by atoms with Crippen LogP contribution in [0.4, 0.5) is 17.6 Å². The van der Waals surface area contributed by atoms with Gasteiger partial charge in [0.25, 0.3) is 0 Å². The van der Waals surface area contributed by atoms with E-state index in [4.69, 9.17) is 9.68 Å². The van der Waals surface area contributed by atoms with Gasteiger partial charge in [-0.05, 0) is 58.9 Å². The molecule has 9 nitrogen and oxygen atoms in total. The monoisotopic (exact) mass is 620 g/mol. The molecule has 2 aliphatic heterocycles. The molecule has 0 N–H and O–H groups in total. The van der Waals surface area contributed by atoms with Crippen molar-refractivity contribution in [3.8, 4) is 0 Å². The zero-order valence-corrected chi connectivity index (χ0v) is 24.4. The van der Waals surface area contributed by atoms with Crippen LogP contribution in [0.25, 0.3) is 0 Å². The summed E-state index contributed by atoms with van der Waals surface area (Å²) in [6.07, 6.45) is 0.0145. The van der Waals surface area contributed by atoms with Gasteiger partial charge in [-0.1, -0.05) is 22.4 Å². The number of nitrogens with zero attached hydrogens (tertiary/aromatic N) is 2. The van der Waals surface area contributed by atoms with E-state index < -0.39 is 82.1 Å². The standard InChI is InChI=1S/C14H15F2NO4S.C12H13F2NO3S/c1-8(18)13(12-9(15)5-4-6-10(12)16)22(19,20)11-7-14(2,3)21-17-11;1-12(2)6-11(15-18-12)19(16,17)7-8-9(13)4-3-5-10(8)14/h4-6,13H,7H2,1-3H3;3-5H,6-7H2,1-2H3. The fourth-order valence-electron chi connectivity index (χ4n) is 3.94. The summed E-state index contributed by atoms with van der Waals surface area (Å²) in [5, 5.41) is 4.43. The van der Waals surface area contributed by atoms with Crippen LogP contribution in [-0.4, -0.2) is 43.9 Å². The van der Waals surface area contributed by atoms with Crippen LogP contribution in [0.5, 0.6) is 0 Å². The number of benzene rings is 2. The van der Waals surface area contributed by atoms with E-state index in [1.165, 1.54) is 6.07 Å². The zero-order valence-electron chi connectivity index (χ0n) is 22.7. The first-order valence-corrected chi connectivity index (χ1v) is 15.3. The Morgan fingerprint density at radius 2 is 1.22 bits per heavy atom. The summed E-state index contributed by atoms with van der Waals surface area (Å²) in [5.74, 6) is -5.62. The molecule has 224 valence electrons. The number of ketones is 1. The van der Waals surface area contributed by atoms with E-state index >= 15 is 0 Å². The second kappa shape index (κ2) is 11.5. The summed E-state index contributed by atoms with van der Waals surface area (Å²) in [6, 6.07) is 6.12. The maximum atomic E-state index is 13.9. The Bertz CT molecular complexity index is 1600. The second-order valence-electron chi connectivity index (χ2n) is 10.7. The second-order valence-corrected chi connectivity index (χ2v) is 14.7. The molecule has 2 aromatic rings. The van der Waals surface area contributed by atoms with Crippen molar-refractivity contribution in [2.45, 2.75) is 69.7 Å². The predicted molar refractivity (Wildman–Crippen MR) is 142 cm³/mol. The van der Waals surface area contributed by atoms with Gasteiger partial charge in [-0.3, -0.25) is 4.79 Å². The Morgan fingerprint density at radius 3 is 1.61 bits per heavy atom. The van der Waals surface area contributed by atoms with Crippen molar-refractivity contribution >= 4 is 35.5 Å². The van der Waals surface area contributed by atoms with Crippen LogP contribution in [0.3, 0.4) is 0 Å². The third kappa shape index (κ3) is 7.31. The Kier molecular flexibility index (Phi) is 9.04. The van der Waals surface area contributed by atoms with Gasteiger partial charge in [-0.2, -0.15) is 0 Å². The number of sulfone groups is 2. The molecule has 15 heteroatoms. The summed E-state index contributed by atoms with van der Waals surface area (Å²) < 4.78 is 104. The van der Waals surface area contributed by atoms with Crippen LogP contribution in [0.2, 0.25) is 0 Å². The Morgan fingerprint density at radius 1 is 0.805 bits per heavy atom. The van der Waals surface area contributed by atoms with Crippen molar-refractivity contribution in [1.82, 2.24) is 0 Å². The van der Waals surface area contributed by atoms with Gasteiger partial charge in [-0.25, -0.2) is 34.4 Å². The first-order valence-electron chi connectivity index (χ1n) is 12.1. The van der Waals surface area contributed by atoms with Gasteiger partial charge < -0.3 is 9.68 Å². The third-order valence-electron chi connectivity index (χ3n) is 5.97. The van der Waals surface area contributed by atoms with E-state index in [9.17, 15) is 39.2 Å². The minimum absolute atomic E-state index is 0.0742. The van der Waals surface area contributed by atoms with Gasteiger partial charge in [0.05, 0.1) is 5.75 Å². The lowest BCUT2D eigenvalue weighted by Gasteiger charge is -2.17. The number of halogens is 4. The summed E-state index contributed by atoms with van der Waals surface area (Å²) in [5.41, 5.74) is -2.83. The summed E-state index contributed by atoms with van der Waals surface area (Å²) in [7, 11) is -8.26. The number of carbonyl (C=O) groups excluding carboxylic acids is 1. The summed E-state index contributed by atoms with van der Waals surface area (Å²) in [4.78, 5) is 21.7. The lowest BCUT2D eigenvalue weighted by molar-refractivity contribution is -0.116. The first-order chi connectivity index (χ1) is 18.8. The highest BCUT2D eigenvalue weighted by molar-refractivity contribution is 8.07. The van der Waals surface area contributed by atoms with E-state index in [-0.39, 0.29) is 22.9 Å². The molecule has 0 aliphatic carbocycles. The van der Waals surface area contributed by atoms with Crippen LogP contribution < -0.4 is 0 Å². The molecule has 2 heterocycles. The van der Waals surface area contributed by atoms with Gasteiger partial charge in [0.1, 0.15) is 34.5 Å². The highest BCUT2D eigenvalue weighted by Gasteiger charge is 2.44. The maximum Gasteiger partial charge on any atom is 0.209 e. The third-order valence-corrected chi connectivity index (χ3v) is 9.64. The molecule has 41 heavy (non-hydrogen) atoms. The molecule has 0 aromatic heterocycles.